The Kier molecular flexibility index (Phi) is 4.21. The van der Waals surface area contributed by atoms with E-state index in [2.05, 4.69) is 0 Å². The van der Waals surface area contributed by atoms with Crippen molar-refractivity contribution < 1.29 is 28.4 Å². The number of fused-ring (bicyclic) bond motifs is 1. The molecular weight excluding hydrogens is 366 g/mol. The highest BCUT2D eigenvalue weighted by atomic mass is 16.8. The summed E-state index contributed by atoms with van der Waals surface area (Å²) in [7, 11) is 0. The fourth-order valence-electron chi connectivity index (χ4n) is 2.64. The minimum atomic E-state index is -0.655. The third-order valence-electron chi connectivity index (χ3n) is 4.00. The van der Waals surface area contributed by atoms with Crippen LogP contribution in [0.1, 0.15) is 16.3 Å². The van der Waals surface area contributed by atoms with E-state index in [1.54, 1.807) is 30.4 Å². The number of aromatic hydroxyl groups is 1. The van der Waals surface area contributed by atoms with Crippen LogP contribution in [0.25, 0.3) is 17.0 Å². The molecule has 0 atom stereocenters. The van der Waals surface area contributed by atoms with E-state index in [1.165, 1.54) is 36.6 Å². The molecule has 4 rings (SSSR count). The molecule has 28 heavy (non-hydrogen) atoms. The van der Waals surface area contributed by atoms with Crippen molar-refractivity contribution in [3.63, 3.8) is 0 Å². The van der Waals surface area contributed by atoms with E-state index >= 15 is 0 Å². The Bertz CT molecular complexity index is 1150. The number of allylic oxidation sites excluding steroid dienone is 5. The van der Waals surface area contributed by atoms with Crippen molar-refractivity contribution in [2.45, 2.75) is 0 Å². The summed E-state index contributed by atoms with van der Waals surface area (Å²) < 4.78 is 15.8. The monoisotopic (exact) mass is 378 g/mol. The smallest absolute Gasteiger partial charge is 0.379 e. The highest BCUT2D eigenvalue weighted by Gasteiger charge is 2.16. The lowest BCUT2D eigenvalue weighted by molar-refractivity contribution is -0.377. The molecule has 0 amide bonds. The van der Waals surface area contributed by atoms with Crippen molar-refractivity contribution in [2.24, 2.45) is 0 Å². The van der Waals surface area contributed by atoms with Crippen molar-refractivity contribution >= 4 is 28.7 Å². The molecule has 0 unspecified atom stereocenters. The van der Waals surface area contributed by atoms with E-state index in [-0.39, 0.29) is 28.7 Å². The summed E-state index contributed by atoms with van der Waals surface area (Å²) in [5, 5.41) is 32.2. The second kappa shape index (κ2) is 6.84. The van der Waals surface area contributed by atoms with Gasteiger partial charge in [0.15, 0.2) is 11.5 Å². The Morgan fingerprint density at radius 2 is 1.93 bits per heavy atom. The minimum Gasteiger partial charge on any atom is -0.612 e. The minimum absolute atomic E-state index is 0.0333. The molecule has 8 heteroatoms. The van der Waals surface area contributed by atoms with E-state index in [1.807, 2.05) is 0 Å². The summed E-state index contributed by atoms with van der Waals surface area (Å²) >= 11 is 0. The van der Waals surface area contributed by atoms with Crippen LogP contribution >= 0.6 is 0 Å². The number of rotatable bonds is 3. The fourth-order valence-corrected chi connectivity index (χ4v) is 2.64. The summed E-state index contributed by atoms with van der Waals surface area (Å²) in [6.45, 7) is 0. The molecule has 2 aromatic heterocycles. The van der Waals surface area contributed by atoms with E-state index in [4.69, 9.17) is 13.6 Å². The van der Waals surface area contributed by atoms with E-state index in [0.29, 0.717) is 16.5 Å². The molecule has 0 bridgehead atoms. The largest absolute Gasteiger partial charge is 0.612 e. The van der Waals surface area contributed by atoms with Gasteiger partial charge in [0.05, 0.1) is 11.6 Å². The van der Waals surface area contributed by atoms with Gasteiger partial charge in [0.1, 0.15) is 11.3 Å². The van der Waals surface area contributed by atoms with Gasteiger partial charge >= 0.3 is 5.97 Å². The lowest BCUT2D eigenvalue weighted by Crippen LogP contribution is -2.06. The number of benzene rings is 1. The van der Waals surface area contributed by atoms with Crippen LogP contribution in [0.3, 0.4) is 0 Å². The summed E-state index contributed by atoms with van der Waals surface area (Å²) in [6.07, 6.45) is 8.72. The molecule has 0 fully saturated rings. The molecule has 1 aliphatic carbocycles. The Morgan fingerprint density at radius 1 is 1.14 bits per heavy atom. The van der Waals surface area contributed by atoms with Gasteiger partial charge in [-0.05, 0) is 48.1 Å². The van der Waals surface area contributed by atoms with Gasteiger partial charge in [0.25, 0.3) is 0 Å². The summed E-state index contributed by atoms with van der Waals surface area (Å²) in [6, 6.07) is 7.62. The van der Waals surface area contributed by atoms with E-state index in [9.17, 15) is 20.3 Å². The summed E-state index contributed by atoms with van der Waals surface area (Å²) in [4.78, 5) is 11.5. The first-order valence-electron chi connectivity index (χ1n) is 8.11. The number of carbonyl (C=O) groups excluding carboxylic acids is 1. The van der Waals surface area contributed by atoms with Crippen LogP contribution in [0.4, 0.5) is 0 Å². The van der Waals surface area contributed by atoms with Crippen molar-refractivity contribution in [1.29, 1.82) is 0 Å². The molecule has 0 radical (unpaired) electrons. The van der Waals surface area contributed by atoms with Crippen molar-refractivity contribution in [3.05, 3.63) is 88.4 Å². The number of furan rings is 2. The standard InChI is InChI=1S/C20H12NO7/c22-19-15-8-7-14(27-20(23)16-2-1-9-26-16)11-17(15)28-18(19)10-12-3-5-13(6-4-12)21(24)25/h1-11H,(H-,22,24,25)/q-1. The second-order valence-electron chi connectivity index (χ2n) is 5.83. The van der Waals surface area contributed by atoms with Gasteiger partial charge in [0.2, 0.25) is 11.5 Å². The van der Waals surface area contributed by atoms with Crippen LogP contribution in [0.5, 0.6) is 11.5 Å². The molecule has 140 valence electrons. The van der Waals surface area contributed by atoms with Crippen LogP contribution in [0.15, 0.2) is 75.3 Å². The Morgan fingerprint density at radius 3 is 2.61 bits per heavy atom. The predicted octanol–water partition coefficient (Wildman–Crippen LogP) is 3.91. The van der Waals surface area contributed by atoms with E-state index in [0.717, 1.165) is 0 Å². The molecule has 3 aromatic rings. The average molecular weight is 378 g/mol. The third kappa shape index (κ3) is 3.26. The van der Waals surface area contributed by atoms with Crippen molar-refractivity contribution in [1.82, 2.24) is 0 Å². The molecular formula is C20H12NO7-. The average Bonchev–Trinajstić information content (AvgIpc) is 3.31. The Balaban J connectivity index is 1.61. The van der Waals surface area contributed by atoms with Crippen LogP contribution in [0.2, 0.25) is 0 Å². The molecule has 2 heterocycles. The van der Waals surface area contributed by atoms with Crippen LogP contribution < -0.4 is 4.74 Å². The lowest BCUT2D eigenvalue weighted by Gasteiger charge is -2.07. The van der Waals surface area contributed by atoms with Gasteiger partial charge in [-0.1, -0.05) is 0 Å². The van der Waals surface area contributed by atoms with Gasteiger partial charge < -0.3 is 29.1 Å². The van der Waals surface area contributed by atoms with Gasteiger partial charge in [-0.3, -0.25) is 0 Å². The van der Waals surface area contributed by atoms with Gasteiger partial charge in [-0.15, -0.1) is 0 Å². The molecule has 8 nitrogen and oxygen atoms in total. The quantitative estimate of drug-likeness (QED) is 0.317. The number of esters is 1. The first-order chi connectivity index (χ1) is 13.5. The highest BCUT2D eigenvalue weighted by Crippen LogP contribution is 2.36. The highest BCUT2D eigenvalue weighted by molar-refractivity contribution is 6.03. The Labute approximate surface area is 157 Å². The predicted molar refractivity (Wildman–Crippen MR) is 99.8 cm³/mol. The first-order valence-corrected chi connectivity index (χ1v) is 8.11. The molecule has 0 saturated carbocycles. The number of hydrogen-bond acceptors (Lipinski definition) is 7. The maximum atomic E-state index is 11.9. The topological polar surface area (TPSA) is 122 Å². The number of hydrogen-bond donors (Lipinski definition) is 1. The van der Waals surface area contributed by atoms with Crippen LogP contribution in [-0.4, -0.2) is 21.7 Å². The SMILES string of the molecule is O=C(Oc1ccc2c(O)c(C=C3C=CC(=[N+]([O-])[O-])C=C3)oc2c1)c1ccco1. The van der Waals surface area contributed by atoms with Crippen molar-refractivity contribution in [2.75, 3.05) is 0 Å². The summed E-state index contributed by atoms with van der Waals surface area (Å²) in [5.74, 6) is -0.271. The first kappa shape index (κ1) is 17.2. The van der Waals surface area contributed by atoms with Crippen LogP contribution in [0, 0.1) is 10.4 Å². The second-order valence-corrected chi connectivity index (χ2v) is 5.83. The van der Waals surface area contributed by atoms with Crippen molar-refractivity contribution in [3.8, 4) is 11.5 Å². The third-order valence-corrected chi connectivity index (χ3v) is 4.00. The number of carbonyl (C=O) groups is 1. The van der Waals surface area contributed by atoms with Gasteiger partial charge in [0, 0.05) is 18.2 Å². The zero-order valence-electron chi connectivity index (χ0n) is 14.2. The lowest BCUT2D eigenvalue weighted by atomic mass is 10.1. The van der Waals surface area contributed by atoms with Crippen LogP contribution in [-0.2, 0) is 0 Å². The zero-order chi connectivity index (χ0) is 19.7. The van der Waals surface area contributed by atoms with E-state index < -0.39 is 10.9 Å². The molecule has 0 aliphatic heterocycles. The fraction of sp³-hybridized carbons (Fsp3) is 0. The van der Waals surface area contributed by atoms with Gasteiger partial charge in [-0.25, -0.2) is 4.79 Å². The van der Waals surface area contributed by atoms with Gasteiger partial charge in [-0.2, -0.15) is 4.90 Å². The maximum Gasteiger partial charge on any atom is 0.379 e. The number of nitrogens with zero attached hydrogens (tertiary/aromatic N) is 1. The maximum absolute atomic E-state index is 11.9. The molecule has 1 aliphatic rings. The zero-order valence-corrected chi connectivity index (χ0v) is 14.2. The molecule has 1 N–H and O–H groups in total. The normalized spacial score (nSPS) is 13.1. The number of ether oxygens (including phenoxy) is 1. The Hall–Kier alpha value is -4.20. The molecule has 0 saturated heterocycles. The molecule has 1 aromatic carbocycles. The molecule has 0 spiro atoms. The summed E-state index contributed by atoms with van der Waals surface area (Å²) in [5.41, 5.74) is 0.897.